The Morgan fingerprint density at radius 1 is 1.10 bits per heavy atom. The molecular weight excluding hydrogens is 267 g/mol. The van der Waals surface area contributed by atoms with Crippen LogP contribution in [0.4, 0.5) is 24.5 Å². The van der Waals surface area contributed by atoms with E-state index in [0.29, 0.717) is 17.1 Å². The van der Waals surface area contributed by atoms with Crippen molar-refractivity contribution in [3.8, 4) is 6.07 Å². The van der Waals surface area contributed by atoms with Crippen molar-refractivity contribution in [3.05, 3.63) is 52.6 Å². The van der Waals surface area contributed by atoms with Crippen LogP contribution in [0.3, 0.4) is 0 Å². The van der Waals surface area contributed by atoms with Crippen LogP contribution < -0.4 is 5.32 Å². The van der Waals surface area contributed by atoms with Gasteiger partial charge in [0.2, 0.25) is 0 Å². The minimum atomic E-state index is -1.53. The Morgan fingerprint density at radius 2 is 1.70 bits per heavy atom. The summed E-state index contributed by atoms with van der Waals surface area (Å²) in [6, 6.07) is 5.19. The molecule has 0 spiro atoms. The maximum absolute atomic E-state index is 13.2. The number of benzene rings is 1. The Kier molecular flexibility index (Phi) is 3.61. The van der Waals surface area contributed by atoms with Gasteiger partial charge in [0.1, 0.15) is 6.07 Å². The van der Waals surface area contributed by atoms with Gasteiger partial charge in [0, 0.05) is 23.5 Å². The third kappa shape index (κ3) is 2.57. The zero-order chi connectivity index (χ0) is 14.9. The highest BCUT2D eigenvalue weighted by atomic mass is 19.2. The third-order valence-electron chi connectivity index (χ3n) is 2.70. The zero-order valence-electron chi connectivity index (χ0n) is 10.8. The van der Waals surface area contributed by atoms with Crippen LogP contribution in [0.25, 0.3) is 0 Å². The fraction of sp³-hybridized carbons (Fsp3) is 0.143. The van der Waals surface area contributed by atoms with Gasteiger partial charge < -0.3 is 5.32 Å². The lowest BCUT2D eigenvalue weighted by Crippen LogP contribution is -2.01. The minimum absolute atomic E-state index is 0.0166. The molecule has 0 amide bonds. The Hall–Kier alpha value is -2.55. The number of rotatable bonds is 2. The molecule has 0 unspecified atom stereocenters. The second kappa shape index (κ2) is 5.21. The van der Waals surface area contributed by atoms with Gasteiger partial charge >= 0.3 is 0 Å². The van der Waals surface area contributed by atoms with E-state index in [2.05, 4.69) is 10.3 Å². The largest absolute Gasteiger partial charge is 0.354 e. The first kappa shape index (κ1) is 13.9. The number of halogens is 3. The molecule has 0 fully saturated rings. The zero-order valence-corrected chi connectivity index (χ0v) is 10.8. The van der Waals surface area contributed by atoms with Crippen molar-refractivity contribution in [2.45, 2.75) is 13.8 Å². The summed E-state index contributed by atoms with van der Waals surface area (Å²) in [6.45, 7) is 3.38. The van der Waals surface area contributed by atoms with Crippen molar-refractivity contribution in [2.24, 2.45) is 0 Å². The van der Waals surface area contributed by atoms with E-state index >= 15 is 0 Å². The lowest BCUT2D eigenvalue weighted by atomic mass is 10.1. The molecular formula is C14H10F3N3. The van der Waals surface area contributed by atoms with Gasteiger partial charge in [-0.25, -0.2) is 13.2 Å². The summed E-state index contributed by atoms with van der Waals surface area (Å²) in [5.74, 6) is -4.12. The van der Waals surface area contributed by atoms with E-state index < -0.39 is 17.5 Å². The number of hydrogen-bond donors (Lipinski definition) is 1. The van der Waals surface area contributed by atoms with Crippen LogP contribution in [0.5, 0.6) is 0 Å². The lowest BCUT2D eigenvalue weighted by molar-refractivity contribution is 0.448. The van der Waals surface area contributed by atoms with E-state index in [9.17, 15) is 13.2 Å². The van der Waals surface area contributed by atoms with Crippen molar-refractivity contribution < 1.29 is 13.2 Å². The van der Waals surface area contributed by atoms with Crippen LogP contribution in [0.15, 0.2) is 18.2 Å². The first-order valence-electron chi connectivity index (χ1n) is 5.72. The molecule has 0 saturated carbocycles. The standard InChI is InChI=1S/C14H10F3N3/c1-7-3-13(10(6-18)8(2)19-7)20-9-4-11(15)14(17)12(16)5-9/h3-5H,1-2H3,(H,19,20). The van der Waals surface area contributed by atoms with E-state index in [4.69, 9.17) is 5.26 Å². The van der Waals surface area contributed by atoms with Crippen LogP contribution in [0.2, 0.25) is 0 Å². The second-order valence-electron chi connectivity index (χ2n) is 4.26. The molecule has 2 aromatic rings. The monoisotopic (exact) mass is 277 g/mol. The minimum Gasteiger partial charge on any atom is -0.354 e. The Morgan fingerprint density at radius 3 is 2.25 bits per heavy atom. The summed E-state index contributed by atoms with van der Waals surface area (Å²) >= 11 is 0. The van der Waals surface area contributed by atoms with E-state index in [1.807, 2.05) is 6.07 Å². The van der Waals surface area contributed by atoms with E-state index in [1.54, 1.807) is 19.9 Å². The first-order valence-corrected chi connectivity index (χ1v) is 5.72. The Labute approximate surface area is 113 Å². The molecule has 6 heteroatoms. The number of nitrogens with one attached hydrogen (secondary N) is 1. The number of hydrogen-bond acceptors (Lipinski definition) is 3. The fourth-order valence-corrected chi connectivity index (χ4v) is 1.85. The highest BCUT2D eigenvalue weighted by molar-refractivity contribution is 5.67. The molecule has 2 rings (SSSR count). The van der Waals surface area contributed by atoms with Crippen molar-refractivity contribution in [1.29, 1.82) is 5.26 Å². The molecule has 3 nitrogen and oxygen atoms in total. The average Bonchev–Trinajstić information content (AvgIpc) is 2.35. The maximum Gasteiger partial charge on any atom is 0.194 e. The van der Waals surface area contributed by atoms with E-state index in [1.165, 1.54) is 0 Å². The van der Waals surface area contributed by atoms with Gasteiger partial charge in [0.15, 0.2) is 17.5 Å². The molecule has 0 radical (unpaired) electrons. The summed E-state index contributed by atoms with van der Waals surface area (Å²) in [5, 5.41) is 11.8. The number of anilines is 2. The van der Waals surface area contributed by atoms with Gasteiger partial charge in [-0.3, -0.25) is 4.98 Å². The SMILES string of the molecule is Cc1cc(Nc2cc(F)c(F)c(F)c2)c(C#N)c(C)n1. The second-order valence-corrected chi connectivity index (χ2v) is 4.26. The van der Waals surface area contributed by atoms with Gasteiger partial charge in [-0.2, -0.15) is 5.26 Å². The molecule has 20 heavy (non-hydrogen) atoms. The van der Waals surface area contributed by atoms with Crippen LogP contribution in [-0.2, 0) is 0 Å². The molecule has 1 heterocycles. The molecule has 0 bridgehead atoms. The van der Waals surface area contributed by atoms with Crippen LogP contribution >= 0.6 is 0 Å². The molecule has 1 N–H and O–H groups in total. The predicted octanol–water partition coefficient (Wildman–Crippen LogP) is 3.73. The summed E-state index contributed by atoms with van der Waals surface area (Å²) < 4.78 is 39.2. The summed E-state index contributed by atoms with van der Waals surface area (Å²) in [4.78, 5) is 4.13. The molecule has 1 aromatic carbocycles. The first-order chi connectivity index (χ1) is 9.42. The highest BCUT2D eigenvalue weighted by Crippen LogP contribution is 2.25. The molecule has 0 aliphatic rings. The van der Waals surface area contributed by atoms with Crippen LogP contribution in [0.1, 0.15) is 17.0 Å². The van der Waals surface area contributed by atoms with Crippen molar-refractivity contribution in [3.63, 3.8) is 0 Å². The highest BCUT2D eigenvalue weighted by Gasteiger charge is 2.13. The van der Waals surface area contributed by atoms with Gasteiger partial charge in [0.25, 0.3) is 0 Å². The van der Waals surface area contributed by atoms with E-state index in [-0.39, 0.29) is 11.3 Å². The number of aryl methyl sites for hydroxylation is 2. The Balaban J connectivity index is 2.48. The van der Waals surface area contributed by atoms with Gasteiger partial charge in [-0.05, 0) is 19.9 Å². The van der Waals surface area contributed by atoms with Crippen molar-refractivity contribution in [2.75, 3.05) is 5.32 Å². The topological polar surface area (TPSA) is 48.7 Å². The quantitative estimate of drug-likeness (QED) is 0.851. The molecule has 0 saturated heterocycles. The molecule has 0 aliphatic carbocycles. The van der Waals surface area contributed by atoms with Crippen molar-refractivity contribution in [1.82, 2.24) is 4.98 Å². The lowest BCUT2D eigenvalue weighted by Gasteiger charge is -2.11. The number of aromatic nitrogens is 1. The van der Waals surface area contributed by atoms with Gasteiger partial charge in [0.05, 0.1) is 16.9 Å². The summed E-state index contributed by atoms with van der Waals surface area (Å²) in [7, 11) is 0. The normalized spacial score (nSPS) is 10.2. The number of nitriles is 1. The summed E-state index contributed by atoms with van der Waals surface area (Å²) in [5.41, 5.74) is 1.79. The maximum atomic E-state index is 13.2. The van der Waals surface area contributed by atoms with E-state index in [0.717, 1.165) is 12.1 Å². The average molecular weight is 277 g/mol. The van der Waals surface area contributed by atoms with Crippen LogP contribution in [0, 0.1) is 42.6 Å². The molecule has 0 atom stereocenters. The molecule has 1 aromatic heterocycles. The number of nitrogens with zero attached hydrogens (tertiary/aromatic N) is 2. The molecule has 102 valence electrons. The summed E-state index contributed by atoms with van der Waals surface area (Å²) in [6.07, 6.45) is 0. The van der Waals surface area contributed by atoms with Gasteiger partial charge in [-0.1, -0.05) is 0 Å². The smallest absolute Gasteiger partial charge is 0.194 e. The predicted molar refractivity (Wildman–Crippen MR) is 68.0 cm³/mol. The van der Waals surface area contributed by atoms with Crippen molar-refractivity contribution >= 4 is 11.4 Å². The molecule has 0 aliphatic heterocycles. The third-order valence-corrected chi connectivity index (χ3v) is 2.70. The number of pyridine rings is 1. The van der Waals surface area contributed by atoms with Gasteiger partial charge in [-0.15, -0.1) is 0 Å². The van der Waals surface area contributed by atoms with Crippen LogP contribution in [-0.4, -0.2) is 4.98 Å². The Bertz CT molecular complexity index is 697. The fourth-order valence-electron chi connectivity index (χ4n) is 1.85.